The van der Waals surface area contributed by atoms with E-state index in [1.54, 1.807) is 45.0 Å². The van der Waals surface area contributed by atoms with E-state index in [2.05, 4.69) is 20.4 Å². The van der Waals surface area contributed by atoms with Gasteiger partial charge in [-0.2, -0.15) is 9.78 Å². The summed E-state index contributed by atoms with van der Waals surface area (Å²) in [5.74, 6) is 1.61. The Morgan fingerprint density at radius 1 is 1.06 bits per heavy atom. The first kappa shape index (κ1) is 22.6. The molecule has 1 amide bonds. The van der Waals surface area contributed by atoms with Gasteiger partial charge in [0.15, 0.2) is 11.5 Å². The molecule has 0 aliphatic heterocycles. The number of anilines is 1. The van der Waals surface area contributed by atoms with Crippen molar-refractivity contribution in [1.82, 2.24) is 19.7 Å². The number of amides is 1. The lowest BCUT2D eigenvalue weighted by Crippen LogP contribution is -2.20. The number of carbonyl (C=O) groups is 1. The van der Waals surface area contributed by atoms with Crippen LogP contribution in [0.1, 0.15) is 22.5 Å². The first-order chi connectivity index (χ1) is 15.3. The summed E-state index contributed by atoms with van der Waals surface area (Å²) >= 11 is 0. The Balaban J connectivity index is 1.87. The SMILES string of the molecule is COc1cc(C=CC(=O)Nc2cc(C)nn2-c2nc(C)c(C)c(=O)[nH]2)cc(OC)c1OC. The van der Waals surface area contributed by atoms with Gasteiger partial charge in [-0.25, -0.2) is 4.98 Å². The summed E-state index contributed by atoms with van der Waals surface area (Å²) in [5, 5.41) is 7.09. The van der Waals surface area contributed by atoms with Crippen molar-refractivity contribution in [3.05, 3.63) is 57.1 Å². The predicted octanol–water partition coefficient (Wildman–Crippen LogP) is 2.56. The van der Waals surface area contributed by atoms with E-state index in [0.29, 0.717) is 45.6 Å². The third-order valence-electron chi connectivity index (χ3n) is 4.78. The minimum Gasteiger partial charge on any atom is -0.493 e. The maximum atomic E-state index is 12.6. The molecule has 3 rings (SSSR count). The predicted molar refractivity (Wildman–Crippen MR) is 120 cm³/mol. The molecule has 10 nitrogen and oxygen atoms in total. The molecule has 0 saturated heterocycles. The normalized spacial score (nSPS) is 10.9. The van der Waals surface area contributed by atoms with Crippen molar-refractivity contribution in [2.75, 3.05) is 26.6 Å². The second kappa shape index (κ2) is 9.38. The van der Waals surface area contributed by atoms with Crippen LogP contribution in [0.3, 0.4) is 0 Å². The van der Waals surface area contributed by atoms with E-state index in [9.17, 15) is 9.59 Å². The first-order valence-electron chi connectivity index (χ1n) is 9.71. The Morgan fingerprint density at radius 2 is 1.72 bits per heavy atom. The number of aryl methyl sites for hydroxylation is 2. The van der Waals surface area contributed by atoms with Gasteiger partial charge in [-0.1, -0.05) is 0 Å². The van der Waals surface area contributed by atoms with Gasteiger partial charge < -0.3 is 19.5 Å². The molecule has 1 aromatic carbocycles. The molecule has 10 heteroatoms. The molecule has 0 bridgehead atoms. The third-order valence-corrected chi connectivity index (χ3v) is 4.78. The van der Waals surface area contributed by atoms with Crippen molar-refractivity contribution in [1.29, 1.82) is 0 Å². The Morgan fingerprint density at radius 3 is 2.28 bits per heavy atom. The van der Waals surface area contributed by atoms with Crippen molar-refractivity contribution >= 4 is 17.8 Å². The van der Waals surface area contributed by atoms with Crippen LogP contribution in [0.4, 0.5) is 5.82 Å². The largest absolute Gasteiger partial charge is 0.493 e. The summed E-state index contributed by atoms with van der Waals surface area (Å²) in [7, 11) is 4.56. The van der Waals surface area contributed by atoms with E-state index in [4.69, 9.17) is 14.2 Å². The fourth-order valence-electron chi connectivity index (χ4n) is 3.02. The van der Waals surface area contributed by atoms with E-state index in [1.807, 2.05) is 0 Å². The van der Waals surface area contributed by atoms with Gasteiger partial charge in [0, 0.05) is 23.4 Å². The monoisotopic (exact) mass is 439 g/mol. The van der Waals surface area contributed by atoms with Gasteiger partial charge in [-0.3, -0.25) is 14.6 Å². The minimum atomic E-state index is -0.397. The molecule has 0 radical (unpaired) electrons. The van der Waals surface area contributed by atoms with Crippen molar-refractivity contribution in [2.45, 2.75) is 20.8 Å². The Labute approximate surface area is 184 Å². The molecule has 0 fully saturated rings. The molecule has 2 N–H and O–H groups in total. The number of hydrogen-bond acceptors (Lipinski definition) is 7. The number of aromatic nitrogens is 4. The Hall–Kier alpha value is -4.08. The third kappa shape index (κ3) is 4.64. The van der Waals surface area contributed by atoms with Crippen LogP contribution in [0.5, 0.6) is 17.2 Å². The van der Waals surface area contributed by atoms with E-state index >= 15 is 0 Å². The van der Waals surface area contributed by atoms with E-state index in [0.717, 1.165) is 0 Å². The summed E-state index contributed by atoms with van der Waals surface area (Å²) in [4.78, 5) is 31.7. The number of nitrogens with one attached hydrogen (secondary N) is 2. The van der Waals surface area contributed by atoms with Gasteiger partial charge in [0.25, 0.3) is 5.56 Å². The Bertz CT molecular complexity index is 1220. The number of aromatic amines is 1. The van der Waals surface area contributed by atoms with E-state index < -0.39 is 5.91 Å². The molecule has 2 aromatic heterocycles. The summed E-state index contributed by atoms with van der Waals surface area (Å²) in [5.41, 5.74) is 2.17. The average molecular weight is 439 g/mol. The second-order valence-electron chi connectivity index (χ2n) is 6.96. The molecule has 168 valence electrons. The zero-order valence-corrected chi connectivity index (χ0v) is 18.8. The number of methoxy groups -OCH3 is 3. The number of nitrogens with zero attached hydrogens (tertiary/aromatic N) is 3. The molecule has 0 spiro atoms. The van der Waals surface area contributed by atoms with Crippen LogP contribution < -0.4 is 25.1 Å². The highest BCUT2D eigenvalue weighted by Crippen LogP contribution is 2.38. The van der Waals surface area contributed by atoms with Crippen molar-refractivity contribution in [3.8, 4) is 23.2 Å². The smallest absolute Gasteiger partial charge is 0.255 e. The number of carbonyl (C=O) groups excluding carboxylic acids is 1. The van der Waals surface area contributed by atoms with Crippen LogP contribution in [0, 0.1) is 20.8 Å². The van der Waals surface area contributed by atoms with Crippen molar-refractivity contribution in [2.24, 2.45) is 0 Å². The van der Waals surface area contributed by atoms with Crippen LogP contribution in [0.15, 0.2) is 29.1 Å². The highest BCUT2D eigenvalue weighted by atomic mass is 16.5. The molecule has 32 heavy (non-hydrogen) atoms. The standard InChI is InChI=1S/C22H25N5O5/c1-12-9-18(27(26-12)22-23-14(3)13(2)21(29)25-22)24-19(28)8-7-15-10-16(30-4)20(32-6)17(11-15)31-5/h7-11H,1-6H3,(H,24,28)(H,23,25,29). The van der Waals surface area contributed by atoms with Gasteiger partial charge in [0.05, 0.1) is 27.0 Å². The number of benzene rings is 1. The van der Waals surface area contributed by atoms with Crippen LogP contribution in [-0.4, -0.2) is 47.0 Å². The summed E-state index contributed by atoms with van der Waals surface area (Å²) in [6.45, 7) is 5.20. The zero-order chi connectivity index (χ0) is 23.4. The minimum absolute atomic E-state index is 0.218. The molecule has 3 aromatic rings. The molecule has 0 aliphatic carbocycles. The molecule has 0 aliphatic rings. The fourth-order valence-corrected chi connectivity index (χ4v) is 3.02. The van der Waals surface area contributed by atoms with Crippen LogP contribution in [0.2, 0.25) is 0 Å². The first-order valence-corrected chi connectivity index (χ1v) is 9.71. The Kier molecular flexibility index (Phi) is 6.62. The van der Waals surface area contributed by atoms with Crippen LogP contribution in [0.25, 0.3) is 12.0 Å². The summed E-state index contributed by atoms with van der Waals surface area (Å²) in [6.07, 6.45) is 2.98. The number of H-pyrrole nitrogens is 1. The van der Waals surface area contributed by atoms with E-state index in [-0.39, 0.29) is 11.5 Å². The highest BCUT2D eigenvalue weighted by molar-refractivity contribution is 6.01. The topological polar surface area (TPSA) is 120 Å². The number of ether oxygens (including phenoxy) is 3. The molecular weight excluding hydrogens is 414 g/mol. The van der Waals surface area contributed by atoms with Gasteiger partial charge in [0.1, 0.15) is 5.82 Å². The fraction of sp³-hybridized carbons (Fsp3) is 0.273. The summed E-state index contributed by atoms with van der Waals surface area (Å²) < 4.78 is 17.3. The van der Waals surface area contributed by atoms with Crippen molar-refractivity contribution in [3.63, 3.8) is 0 Å². The zero-order valence-electron chi connectivity index (χ0n) is 18.8. The van der Waals surface area contributed by atoms with E-state index in [1.165, 1.54) is 32.1 Å². The van der Waals surface area contributed by atoms with Gasteiger partial charge in [-0.05, 0) is 44.5 Å². The second-order valence-corrected chi connectivity index (χ2v) is 6.96. The molecule has 0 saturated carbocycles. The molecule has 0 atom stereocenters. The van der Waals surface area contributed by atoms with Gasteiger partial charge >= 0.3 is 0 Å². The van der Waals surface area contributed by atoms with Crippen LogP contribution >= 0.6 is 0 Å². The maximum absolute atomic E-state index is 12.6. The van der Waals surface area contributed by atoms with Crippen LogP contribution in [-0.2, 0) is 4.79 Å². The lowest BCUT2D eigenvalue weighted by molar-refractivity contribution is -0.111. The molecular formula is C22H25N5O5. The van der Waals surface area contributed by atoms with Gasteiger partial charge in [0.2, 0.25) is 17.6 Å². The quantitative estimate of drug-likeness (QED) is 0.543. The lowest BCUT2D eigenvalue weighted by atomic mass is 10.1. The lowest BCUT2D eigenvalue weighted by Gasteiger charge is -2.12. The molecule has 0 unspecified atom stereocenters. The number of rotatable bonds is 7. The highest BCUT2D eigenvalue weighted by Gasteiger charge is 2.14. The average Bonchev–Trinajstić information content (AvgIpc) is 3.14. The number of hydrogen-bond donors (Lipinski definition) is 2. The molecule has 2 heterocycles. The van der Waals surface area contributed by atoms with Gasteiger partial charge in [-0.15, -0.1) is 0 Å². The maximum Gasteiger partial charge on any atom is 0.255 e. The summed E-state index contributed by atoms with van der Waals surface area (Å²) in [6, 6.07) is 5.13. The van der Waals surface area contributed by atoms with Crippen molar-refractivity contribution < 1.29 is 19.0 Å².